The molecule has 1 aliphatic rings. The molecule has 0 bridgehead atoms. The quantitative estimate of drug-likeness (QED) is 0.453. The van der Waals surface area contributed by atoms with Crippen molar-refractivity contribution in [3.8, 4) is 0 Å². The Kier molecular flexibility index (Phi) is 2.76. The number of ether oxygens (including phenoxy) is 1. The number of carbonyl (C=O) groups is 1. The van der Waals surface area contributed by atoms with Crippen molar-refractivity contribution < 1.29 is 9.53 Å². The minimum absolute atomic E-state index is 0.0516. The maximum absolute atomic E-state index is 10.9. The average Bonchev–Trinajstić information content (AvgIpc) is 2.43. The van der Waals surface area contributed by atoms with Crippen LogP contribution in [0.15, 0.2) is 24.3 Å². The van der Waals surface area contributed by atoms with Crippen molar-refractivity contribution in [2.45, 2.75) is 23.4 Å². The third-order valence-electron chi connectivity index (χ3n) is 2.40. The lowest BCUT2D eigenvalue weighted by molar-refractivity contribution is -0.146. The summed E-state index contributed by atoms with van der Waals surface area (Å²) in [6, 6.07) is 8.16. The number of rotatable bonds is 1. The van der Waals surface area contributed by atoms with Crippen LogP contribution in [0.1, 0.15) is 24.2 Å². The van der Waals surface area contributed by atoms with Gasteiger partial charge in [-0.25, -0.2) is 0 Å². The molecule has 0 amide bonds. The van der Waals surface area contributed by atoms with Crippen LogP contribution >= 0.6 is 22.6 Å². The molecule has 0 fully saturated rings. The highest BCUT2D eigenvalue weighted by Gasteiger charge is 2.32. The third-order valence-corrected chi connectivity index (χ3v) is 3.49. The molecule has 0 aliphatic heterocycles. The maximum Gasteiger partial charge on any atom is 0.303 e. The Morgan fingerprint density at radius 3 is 2.93 bits per heavy atom. The second kappa shape index (κ2) is 3.88. The van der Waals surface area contributed by atoms with E-state index in [0.29, 0.717) is 3.92 Å². The van der Waals surface area contributed by atoms with E-state index < -0.39 is 0 Å². The Hall–Kier alpha value is -0.580. The van der Waals surface area contributed by atoms with E-state index in [1.54, 1.807) is 0 Å². The molecular weight excluding hydrogens is 291 g/mol. The summed E-state index contributed by atoms with van der Waals surface area (Å²) in [6.45, 7) is 1.46. The number of hydrogen-bond acceptors (Lipinski definition) is 2. The Bertz CT molecular complexity index is 362. The number of carbonyl (C=O) groups excluding carboxylic acids is 1. The third kappa shape index (κ3) is 1.78. The first-order chi connectivity index (χ1) is 6.68. The summed E-state index contributed by atoms with van der Waals surface area (Å²) in [5, 5.41) is 0. The smallest absolute Gasteiger partial charge is 0.303 e. The van der Waals surface area contributed by atoms with Gasteiger partial charge in [0.25, 0.3) is 0 Å². The molecule has 0 N–H and O–H groups in total. The summed E-state index contributed by atoms with van der Waals surface area (Å²) >= 11 is 2.35. The van der Waals surface area contributed by atoms with Gasteiger partial charge in [-0.3, -0.25) is 4.79 Å². The number of hydrogen-bond donors (Lipinski definition) is 0. The molecule has 0 radical (unpaired) electrons. The van der Waals surface area contributed by atoms with E-state index in [1.807, 2.05) is 18.2 Å². The van der Waals surface area contributed by atoms with Crippen molar-refractivity contribution in [3.05, 3.63) is 35.4 Å². The normalized spacial score (nSPS) is 24.4. The van der Waals surface area contributed by atoms with Crippen molar-refractivity contribution >= 4 is 28.6 Å². The van der Waals surface area contributed by atoms with Crippen LogP contribution in [0.4, 0.5) is 0 Å². The van der Waals surface area contributed by atoms with Crippen LogP contribution in [0, 0.1) is 0 Å². The second-order valence-corrected chi connectivity index (χ2v) is 5.05. The van der Waals surface area contributed by atoms with Crippen LogP contribution < -0.4 is 0 Å². The molecule has 0 saturated heterocycles. The lowest BCUT2D eigenvalue weighted by Gasteiger charge is -2.15. The molecule has 74 valence electrons. The summed E-state index contributed by atoms with van der Waals surface area (Å²) in [4.78, 5) is 10.9. The largest absolute Gasteiger partial charge is 0.457 e. The van der Waals surface area contributed by atoms with E-state index in [0.717, 1.165) is 6.42 Å². The zero-order chi connectivity index (χ0) is 10.1. The molecule has 1 aromatic rings. The number of fused-ring (bicyclic) bond motifs is 1. The fourth-order valence-corrected chi connectivity index (χ4v) is 2.83. The van der Waals surface area contributed by atoms with E-state index in [1.165, 1.54) is 18.1 Å². The molecule has 1 aliphatic carbocycles. The van der Waals surface area contributed by atoms with Crippen molar-refractivity contribution in [2.75, 3.05) is 0 Å². The van der Waals surface area contributed by atoms with Crippen LogP contribution in [0.3, 0.4) is 0 Å². The predicted octanol–water partition coefficient (Wildman–Crippen LogP) is 2.65. The summed E-state index contributed by atoms with van der Waals surface area (Å²) < 4.78 is 5.67. The van der Waals surface area contributed by atoms with Gasteiger partial charge in [0, 0.05) is 6.92 Å². The Labute approximate surface area is 96.8 Å². The molecule has 0 spiro atoms. The molecule has 3 heteroatoms. The number of esters is 1. The van der Waals surface area contributed by atoms with E-state index in [9.17, 15) is 4.79 Å². The minimum Gasteiger partial charge on any atom is -0.457 e. The highest BCUT2D eigenvalue weighted by Crippen LogP contribution is 2.38. The fourth-order valence-electron chi connectivity index (χ4n) is 1.83. The molecule has 2 nitrogen and oxygen atoms in total. The molecule has 2 atom stereocenters. The zero-order valence-electron chi connectivity index (χ0n) is 7.87. The van der Waals surface area contributed by atoms with Crippen molar-refractivity contribution in [1.29, 1.82) is 0 Å². The minimum atomic E-state index is -0.201. The molecule has 0 unspecified atom stereocenters. The zero-order valence-corrected chi connectivity index (χ0v) is 10.0. The van der Waals surface area contributed by atoms with Gasteiger partial charge in [0.05, 0.1) is 3.92 Å². The monoisotopic (exact) mass is 302 g/mol. The Morgan fingerprint density at radius 1 is 1.50 bits per heavy atom. The van der Waals surface area contributed by atoms with Crippen molar-refractivity contribution in [1.82, 2.24) is 0 Å². The highest BCUT2D eigenvalue weighted by atomic mass is 127. The van der Waals surface area contributed by atoms with Crippen LogP contribution in [-0.4, -0.2) is 9.89 Å². The molecule has 0 saturated carbocycles. The highest BCUT2D eigenvalue weighted by molar-refractivity contribution is 14.1. The summed E-state index contributed by atoms with van der Waals surface area (Å²) in [5.74, 6) is -0.201. The first kappa shape index (κ1) is 9.96. The van der Waals surface area contributed by atoms with Gasteiger partial charge in [-0.15, -0.1) is 0 Å². The topological polar surface area (TPSA) is 26.3 Å². The van der Waals surface area contributed by atoms with Crippen molar-refractivity contribution in [3.63, 3.8) is 0 Å². The van der Waals surface area contributed by atoms with E-state index in [-0.39, 0.29) is 12.1 Å². The van der Waals surface area contributed by atoms with Gasteiger partial charge < -0.3 is 4.74 Å². The SMILES string of the molecule is CC(=O)O[C@@H]1c2ccccc2C[C@H]1I. The molecule has 0 aromatic heterocycles. The van der Waals surface area contributed by atoms with Gasteiger partial charge in [0.2, 0.25) is 0 Å². The molecule has 1 aromatic carbocycles. The van der Waals surface area contributed by atoms with Gasteiger partial charge in [0.1, 0.15) is 6.10 Å². The molecule has 2 rings (SSSR count). The number of alkyl halides is 1. The van der Waals surface area contributed by atoms with E-state index in [4.69, 9.17) is 4.74 Å². The van der Waals surface area contributed by atoms with Crippen LogP contribution in [0.5, 0.6) is 0 Å². The summed E-state index contributed by atoms with van der Waals surface area (Å²) in [7, 11) is 0. The second-order valence-electron chi connectivity index (χ2n) is 3.45. The van der Waals surface area contributed by atoms with Crippen LogP contribution in [-0.2, 0) is 16.0 Å². The lowest BCUT2D eigenvalue weighted by Crippen LogP contribution is -2.13. The van der Waals surface area contributed by atoms with Gasteiger partial charge >= 0.3 is 5.97 Å². The predicted molar refractivity (Wildman–Crippen MR) is 62.5 cm³/mol. The summed E-state index contributed by atoms with van der Waals surface area (Å²) in [6.07, 6.45) is 0.943. The molecule has 14 heavy (non-hydrogen) atoms. The first-order valence-electron chi connectivity index (χ1n) is 4.57. The van der Waals surface area contributed by atoms with Gasteiger partial charge in [0.15, 0.2) is 0 Å². The standard InChI is InChI=1S/C11H11IO2/c1-7(13)14-11-9-5-3-2-4-8(9)6-10(11)12/h2-5,10-11H,6H2,1H3/t10-,11-/m1/s1. The van der Waals surface area contributed by atoms with Crippen LogP contribution in [0.25, 0.3) is 0 Å². The Morgan fingerprint density at radius 2 is 2.21 bits per heavy atom. The van der Waals surface area contributed by atoms with Crippen molar-refractivity contribution in [2.24, 2.45) is 0 Å². The summed E-state index contributed by atoms with van der Waals surface area (Å²) in [5.41, 5.74) is 2.47. The van der Waals surface area contributed by atoms with E-state index in [2.05, 4.69) is 28.7 Å². The molecular formula is C11H11IO2. The van der Waals surface area contributed by atoms with E-state index >= 15 is 0 Å². The van der Waals surface area contributed by atoms with Gasteiger partial charge in [-0.05, 0) is 17.5 Å². The van der Waals surface area contributed by atoms with Gasteiger partial charge in [-0.2, -0.15) is 0 Å². The first-order valence-corrected chi connectivity index (χ1v) is 5.82. The number of halogens is 1. The molecule has 0 heterocycles. The van der Waals surface area contributed by atoms with Gasteiger partial charge in [-0.1, -0.05) is 46.9 Å². The fraction of sp³-hybridized carbons (Fsp3) is 0.364. The lowest BCUT2D eigenvalue weighted by atomic mass is 10.1. The maximum atomic E-state index is 10.9. The Balaban J connectivity index is 2.30. The van der Waals surface area contributed by atoms with Crippen LogP contribution in [0.2, 0.25) is 0 Å². The average molecular weight is 302 g/mol. The number of benzene rings is 1.